The maximum atomic E-state index is 11.7. The van der Waals surface area contributed by atoms with Crippen LogP contribution in [-0.2, 0) is 0 Å². The first kappa shape index (κ1) is 12.0. The Labute approximate surface area is 101 Å². The summed E-state index contributed by atoms with van der Waals surface area (Å²) in [5.41, 5.74) is 0. The Hall–Kier alpha value is -0.420. The predicted molar refractivity (Wildman–Crippen MR) is 67.7 cm³/mol. The van der Waals surface area contributed by atoms with Gasteiger partial charge in [-0.2, -0.15) is 0 Å². The third-order valence-corrected chi connectivity index (χ3v) is 4.43. The highest BCUT2D eigenvalue weighted by Crippen LogP contribution is 2.22. The minimum atomic E-state index is 0.0197. The lowest BCUT2D eigenvalue weighted by Gasteiger charge is -2.26. The Morgan fingerprint density at radius 1 is 1.12 bits per heavy atom. The number of carbonyl (C=O) groups is 1. The van der Waals surface area contributed by atoms with Gasteiger partial charge in [-0.1, -0.05) is 0 Å². The zero-order valence-electron chi connectivity index (χ0n) is 9.63. The van der Waals surface area contributed by atoms with Crippen molar-refractivity contribution in [3.8, 4) is 0 Å². The van der Waals surface area contributed by atoms with E-state index in [0.717, 1.165) is 32.4 Å². The first-order valence-corrected chi connectivity index (χ1v) is 7.29. The molecule has 16 heavy (non-hydrogen) atoms. The standard InChI is InChI=1S/C11H21N3OS/c15-11(13-9-4-6-12-7-5-9)14-10-3-1-2-8-16-10/h9-10,12H,1-8H2,(H2,13,14,15). The van der Waals surface area contributed by atoms with Crippen LogP contribution in [0.2, 0.25) is 0 Å². The van der Waals surface area contributed by atoms with Crippen molar-refractivity contribution >= 4 is 17.8 Å². The maximum Gasteiger partial charge on any atom is 0.315 e. The zero-order chi connectivity index (χ0) is 11.2. The van der Waals surface area contributed by atoms with Gasteiger partial charge in [0.25, 0.3) is 0 Å². The van der Waals surface area contributed by atoms with E-state index in [-0.39, 0.29) is 6.03 Å². The number of rotatable bonds is 2. The molecule has 0 aromatic rings. The molecule has 2 amide bonds. The molecule has 0 aliphatic carbocycles. The second kappa shape index (κ2) is 6.35. The third kappa shape index (κ3) is 3.87. The Morgan fingerprint density at radius 3 is 2.62 bits per heavy atom. The smallest absolute Gasteiger partial charge is 0.315 e. The molecule has 1 unspecified atom stereocenters. The fraction of sp³-hybridized carbons (Fsp3) is 0.909. The summed E-state index contributed by atoms with van der Waals surface area (Å²) in [4.78, 5) is 11.7. The van der Waals surface area contributed by atoms with Crippen molar-refractivity contribution in [2.75, 3.05) is 18.8 Å². The lowest BCUT2D eigenvalue weighted by atomic mass is 10.1. The largest absolute Gasteiger partial charge is 0.335 e. The van der Waals surface area contributed by atoms with Gasteiger partial charge in [0.15, 0.2) is 0 Å². The number of amides is 2. The summed E-state index contributed by atoms with van der Waals surface area (Å²) in [7, 11) is 0. The molecule has 2 rings (SSSR count). The summed E-state index contributed by atoms with van der Waals surface area (Å²) < 4.78 is 0. The lowest BCUT2D eigenvalue weighted by Crippen LogP contribution is -2.49. The summed E-state index contributed by atoms with van der Waals surface area (Å²) >= 11 is 1.87. The van der Waals surface area contributed by atoms with E-state index < -0.39 is 0 Å². The molecule has 3 N–H and O–H groups in total. The summed E-state index contributed by atoms with van der Waals surface area (Å²) in [6.07, 6.45) is 5.74. The van der Waals surface area contributed by atoms with E-state index in [4.69, 9.17) is 0 Å². The monoisotopic (exact) mass is 243 g/mol. The van der Waals surface area contributed by atoms with Crippen LogP contribution >= 0.6 is 11.8 Å². The van der Waals surface area contributed by atoms with Crippen LogP contribution < -0.4 is 16.0 Å². The highest BCUT2D eigenvalue weighted by atomic mass is 32.2. The van der Waals surface area contributed by atoms with Gasteiger partial charge in [0.1, 0.15) is 0 Å². The summed E-state index contributed by atoms with van der Waals surface area (Å²) in [5.74, 6) is 1.18. The van der Waals surface area contributed by atoms with Crippen LogP contribution in [0.4, 0.5) is 4.79 Å². The van der Waals surface area contributed by atoms with E-state index in [1.165, 1.54) is 18.6 Å². The topological polar surface area (TPSA) is 53.2 Å². The van der Waals surface area contributed by atoms with Gasteiger partial charge in [-0.3, -0.25) is 0 Å². The molecule has 0 spiro atoms. The number of thioether (sulfide) groups is 1. The molecule has 2 fully saturated rings. The highest BCUT2D eigenvalue weighted by Gasteiger charge is 2.19. The van der Waals surface area contributed by atoms with E-state index in [1.54, 1.807) is 0 Å². The quantitative estimate of drug-likeness (QED) is 0.685. The SMILES string of the molecule is O=C(NC1CCNCC1)NC1CCCCS1. The number of urea groups is 1. The molecule has 2 saturated heterocycles. The van der Waals surface area contributed by atoms with Crippen molar-refractivity contribution in [1.29, 1.82) is 0 Å². The van der Waals surface area contributed by atoms with Crippen LogP contribution in [0.5, 0.6) is 0 Å². The molecule has 2 aliphatic rings. The number of hydrogen-bond donors (Lipinski definition) is 3. The van der Waals surface area contributed by atoms with E-state index >= 15 is 0 Å². The van der Waals surface area contributed by atoms with Gasteiger partial charge in [0.05, 0.1) is 5.37 Å². The molecule has 0 saturated carbocycles. The average Bonchev–Trinajstić information content (AvgIpc) is 2.31. The van der Waals surface area contributed by atoms with Gasteiger partial charge in [-0.25, -0.2) is 4.79 Å². The van der Waals surface area contributed by atoms with Crippen molar-refractivity contribution in [2.45, 2.75) is 43.5 Å². The molecule has 0 bridgehead atoms. The van der Waals surface area contributed by atoms with Crippen LogP contribution in [0.3, 0.4) is 0 Å². The zero-order valence-corrected chi connectivity index (χ0v) is 10.4. The Bertz CT molecular complexity index is 203. The third-order valence-electron chi connectivity index (χ3n) is 3.15. The minimum Gasteiger partial charge on any atom is -0.335 e. The second-order valence-corrected chi connectivity index (χ2v) is 5.81. The molecule has 2 aliphatic heterocycles. The Kier molecular flexibility index (Phi) is 4.78. The normalized spacial score (nSPS) is 27.4. The van der Waals surface area contributed by atoms with Crippen molar-refractivity contribution in [1.82, 2.24) is 16.0 Å². The fourth-order valence-electron chi connectivity index (χ4n) is 2.19. The van der Waals surface area contributed by atoms with Gasteiger partial charge >= 0.3 is 6.03 Å². The van der Waals surface area contributed by atoms with Gasteiger partial charge < -0.3 is 16.0 Å². The van der Waals surface area contributed by atoms with Crippen LogP contribution in [0.15, 0.2) is 0 Å². The van der Waals surface area contributed by atoms with Crippen molar-refractivity contribution in [3.05, 3.63) is 0 Å². The highest BCUT2D eigenvalue weighted by molar-refractivity contribution is 7.99. The first-order chi connectivity index (χ1) is 7.84. The van der Waals surface area contributed by atoms with Crippen LogP contribution in [0.1, 0.15) is 32.1 Å². The second-order valence-electron chi connectivity index (χ2n) is 4.50. The molecular formula is C11H21N3OS. The summed E-state index contributed by atoms with van der Waals surface area (Å²) in [6, 6.07) is 0.376. The molecule has 4 nitrogen and oxygen atoms in total. The minimum absolute atomic E-state index is 0.0197. The van der Waals surface area contributed by atoms with Crippen molar-refractivity contribution in [3.63, 3.8) is 0 Å². The van der Waals surface area contributed by atoms with Gasteiger partial charge in [0, 0.05) is 6.04 Å². The van der Waals surface area contributed by atoms with Crippen molar-refractivity contribution < 1.29 is 4.79 Å². The number of piperidine rings is 1. The first-order valence-electron chi connectivity index (χ1n) is 6.24. The number of carbonyl (C=O) groups excluding carboxylic acids is 1. The van der Waals surface area contributed by atoms with E-state index in [1.807, 2.05) is 11.8 Å². The molecule has 2 heterocycles. The van der Waals surface area contributed by atoms with Crippen LogP contribution in [0, 0.1) is 0 Å². The fourth-order valence-corrected chi connectivity index (χ4v) is 3.37. The molecule has 5 heteroatoms. The summed E-state index contributed by atoms with van der Waals surface area (Å²) in [5, 5.41) is 9.74. The molecule has 0 aromatic heterocycles. The maximum absolute atomic E-state index is 11.7. The lowest BCUT2D eigenvalue weighted by molar-refractivity contribution is 0.232. The molecule has 0 radical (unpaired) electrons. The molecule has 0 aromatic carbocycles. The molecule has 92 valence electrons. The van der Waals surface area contributed by atoms with E-state index in [9.17, 15) is 4.79 Å². The van der Waals surface area contributed by atoms with E-state index in [0.29, 0.717) is 11.4 Å². The number of nitrogens with one attached hydrogen (secondary N) is 3. The van der Waals surface area contributed by atoms with Crippen LogP contribution in [0.25, 0.3) is 0 Å². The summed E-state index contributed by atoms with van der Waals surface area (Å²) in [6.45, 7) is 2.03. The van der Waals surface area contributed by atoms with Crippen LogP contribution in [-0.4, -0.2) is 36.3 Å². The van der Waals surface area contributed by atoms with E-state index in [2.05, 4.69) is 16.0 Å². The Morgan fingerprint density at radius 2 is 1.94 bits per heavy atom. The molecular weight excluding hydrogens is 222 g/mol. The van der Waals surface area contributed by atoms with Gasteiger partial charge in [-0.15, -0.1) is 11.8 Å². The van der Waals surface area contributed by atoms with Gasteiger partial charge in [0.2, 0.25) is 0 Å². The number of hydrogen-bond acceptors (Lipinski definition) is 3. The Balaban J connectivity index is 1.66. The van der Waals surface area contributed by atoms with Gasteiger partial charge in [-0.05, 0) is 50.9 Å². The van der Waals surface area contributed by atoms with Crippen molar-refractivity contribution in [2.24, 2.45) is 0 Å². The molecule has 1 atom stereocenters. The predicted octanol–water partition coefficient (Wildman–Crippen LogP) is 1.28. The average molecular weight is 243 g/mol.